The molecule has 1 amide bonds. The normalized spacial score (nSPS) is 20.4. The Balaban J connectivity index is 2.02. The molecule has 1 aromatic rings. The Labute approximate surface area is 151 Å². The summed E-state index contributed by atoms with van der Waals surface area (Å²) in [4.78, 5) is 12.6. The second-order valence-electron chi connectivity index (χ2n) is 6.43. The van der Waals surface area contributed by atoms with Crippen molar-refractivity contribution in [2.24, 2.45) is 5.92 Å². The van der Waals surface area contributed by atoms with Crippen LogP contribution in [0.1, 0.15) is 45.2 Å². The Morgan fingerprint density at radius 2 is 1.92 bits per heavy atom. The summed E-state index contributed by atoms with van der Waals surface area (Å²) < 4.78 is 28.3. The van der Waals surface area contributed by atoms with Crippen molar-refractivity contribution in [2.45, 2.75) is 39.7 Å². The van der Waals surface area contributed by atoms with E-state index in [4.69, 9.17) is 0 Å². The maximum atomic E-state index is 12.7. The Morgan fingerprint density at radius 1 is 1.28 bits per heavy atom. The quantitative estimate of drug-likeness (QED) is 0.803. The summed E-state index contributed by atoms with van der Waals surface area (Å²) in [6.07, 6.45) is 1.43. The van der Waals surface area contributed by atoms with Crippen LogP contribution in [0.5, 0.6) is 0 Å². The average Bonchev–Trinajstić information content (AvgIpc) is 2.63. The molecule has 1 saturated heterocycles. The first-order valence-corrected chi connectivity index (χ1v) is 10.4. The third-order valence-corrected chi connectivity index (χ3v) is 6.92. The van der Waals surface area contributed by atoms with Gasteiger partial charge in [0, 0.05) is 26.2 Å². The van der Waals surface area contributed by atoms with E-state index in [0.29, 0.717) is 26.1 Å². The highest BCUT2D eigenvalue weighted by Gasteiger charge is 2.35. The van der Waals surface area contributed by atoms with E-state index in [2.05, 4.69) is 5.32 Å². The van der Waals surface area contributed by atoms with Crippen molar-refractivity contribution in [3.63, 3.8) is 0 Å². The lowest BCUT2D eigenvalue weighted by Gasteiger charge is -2.34. The lowest BCUT2D eigenvalue weighted by molar-refractivity contribution is -0.126. The van der Waals surface area contributed by atoms with Gasteiger partial charge in [-0.15, -0.1) is 0 Å². The third-order valence-electron chi connectivity index (χ3n) is 4.77. The van der Waals surface area contributed by atoms with Gasteiger partial charge in [0.1, 0.15) is 0 Å². The molecule has 0 unspecified atom stereocenters. The van der Waals surface area contributed by atoms with E-state index in [0.717, 1.165) is 12.0 Å². The molecule has 2 rings (SSSR count). The molecule has 1 aromatic carbocycles. The topological polar surface area (TPSA) is 69.7 Å². The fourth-order valence-corrected chi connectivity index (χ4v) is 4.94. The number of nitrogens with zero attached hydrogens (tertiary/aromatic N) is 2. The molecule has 140 valence electrons. The van der Waals surface area contributed by atoms with Gasteiger partial charge in [-0.05, 0) is 25.3 Å². The largest absolute Gasteiger partial charge is 0.349 e. The first-order valence-electron chi connectivity index (χ1n) is 9.00. The molecule has 1 aliphatic rings. The molecule has 0 radical (unpaired) electrons. The number of carbonyl (C=O) groups is 1. The van der Waals surface area contributed by atoms with Crippen LogP contribution in [0.25, 0.3) is 0 Å². The molecule has 1 fully saturated rings. The number of amides is 1. The van der Waals surface area contributed by atoms with Gasteiger partial charge in [0.15, 0.2) is 0 Å². The van der Waals surface area contributed by atoms with Crippen LogP contribution in [0.4, 0.5) is 0 Å². The van der Waals surface area contributed by atoms with Crippen molar-refractivity contribution in [1.29, 1.82) is 0 Å². The summed E-state index contributed by atoms with van der Waals surface area (Å²) in [6.45, 7) is 7.23. The van der Waals surface area contributed by atoms with E-state index in [1.165, 1.54) is 8.61 Å². The molecule has 6 nitrogen and oxygen atoms in total. The maximum Gasteiger partial charge on any atom is 0.281 e. The third kappa shape index (κ3) is 4.80. The minimum atomic E-state index is -3.48. The van der Waals surface area contributed by atoms with Gasteiger partial charge < -0.3 is 5.32 Å². The molecule has 1 heterocycles. The van der Waals surface area contributed by atoms with Gasteiger partial charge >= 0.3 is 0 Å². The van der Waals surface area contributed by atoms with Crippen molar-refractivity contribution in [2.75, 3.05) is 26.2 Å². The maximum absolute atomic E-state index is 12.7. The summed E-state index contributed by atoms with van der Waals surface area (Å²) in [5.41, 5.74) is 1.04. The highest BCUT2D eigenvalue weighted by atomic mass is 32.2. The van der Waals surface area contributed by atoms with E-state index < -0.39 is 10.2 Å². The van der Waals surface area contributed by atoms with Crippen molar-refractivity contribution >= 4 is 16.1 Å². The number of nitrogens with one attached hydrogen (secondary N) is 1. The van der Waals surface area contributed by atoms with Crippen molar-refractivity contribution in [1.82, 2.24) is 13.9 Å². The minimum Gasteiger partial charge on any atom is -0.349 e. The summed E-state index contributed by atoms with van der Waals surface area (Å²) in [5, 5.41) is 3.02. The van der Waals surface area contributed by atoms with Crippen LogP contribution in [0.15, 0.2) is 30.3 Å². The van der Waals surface area contributed by atoms with Crippen molar-refractivity contribution in [3.05, 3.63) is 35.9 Å². The first kappa shape index (κ1) is 19.9. The zero-order chi connectivity index (χ0) is 18.4. The van der Waals surface area contributed by atoms with Gasteiger partial charge in [-0.2, -0.15) is 17.0 Å². The SMILES string of the molecule is CCN(CC)S(=O)(=O)N1CCC[C@H](C(=O)N[C@H](C)c2ccccc2)C1. The second-order valence-corrected chi connectivity index (χ2v) is 8.36. The van der Waals surface area contributed by atoms with Crippen LogP contribution < -0.4 is 5.32 Å². The Kier molecular flexibility index (Phi) is 6.98. The number of rotatable bonds is 7. The lowest BCUT2D eigenvalue weighted by atomic mass is 9.98. The Morgan fingerprint density at radius 3 is 2.52 bits per heavy atom. The van der Waals surface area contributed by atoms with Gasteiger partial charge in [0.2, 0.25) is 5.91 Å². The van der Waals surface area contributed by atoms with Gasteiger partial charge in [-0.25, -0.2) is 0 Å². The monoisotopic (exact) mass is 367 g/mol. The van der Waals surface area contributed by atoms with Crippen LogP contribution in [-0.2, 0) is 15.0 Å². The zero-order valence-corrected chi connectivity index (χ0v) is 16.1. The Hall–Kier alpha value is -1.44. The van der Waals surface area contributed by atoms with Crippen LogP contribution in [0, 0.1) is 5.92 Å². The van der Waals surface area contributed by atoms with E-state index in [-0.39, 0.29) is 24.4 Å². The van der Waals surface area contributed by atoms with Crippen molar-refractivity contribution < 1.29 is 13.2 Å². The summed E-state index contributed by atoms with van der Waals surface area (Å²) >= 11 is 0. The van der Waals surface area contributed by atoms with Gasteiger partial charge in [-0.3, -0.25) is 4.79 Å². The van der Waals surface area contributed by atoms with Crippen molar-refractivity contribution in [3.8, 4) is 0 Å². The van der Waals surface area contributed by atoms with E-state index in [9.17, 15) is 13.2 Å². The zero-order valence-electron chi connectivity index (χ0n) is 15.3. The lowest BCUT2D eigenvalue weighted by Crippen LogP contribution is -2.50. The smallest absolute Gasteiger partial charge is 0.281 e. The minimum absolute atomic E-state index is 0.0733. The molecule has 1 aliphatic heterocycles. The molecular weight excluding hydrogens is 338 g/mol. The van der Waals surface area contributed by atoms with Gasteiger partial charge in [0.25, 0.3) is 10.2 Å². The molecule has 0 bridgehead atoms. The first-order chi connectivity index (χ1) is 11.9. The van der Waals surface area contributed by atoms with E-state index in [1.54, 1.807) is 0 Å². The predicted molar refractivity (Wildman–Crippen MR) is 99.1 cm³/mol. The fourth-order valence-electron chi connectivity index (χ4n) is 3.24. The molecular formula is C18H29N3O3S. The van der Waals surface area contributed by atoms with E-state index in [1.807, 2.05) is 51.1 Å². The van der Waals surface area contributed by atoms with Crippen LogP contribution in [0.2, 0.25) is 0 Å². The number of carbonyl (C=O) groups excluding carboxylic acids is 1. The van der Waals surface area contributed by atoms with Crippen LogP contribution in [-0.4, -0.2) is 49.1 Å². The number of hydrogen-bond donors (Lipinski definition) is 1. The number of piperidine rings is 1. The molecule has 2 atom stereocenters. The molecule has 0 spiro atoms. The van der Waals surface area contributed by atoms with Gasteiger partial charge in [-0.1, -0.05) is 44.2 Å². The highest BCUT2D eigenvalue weighted by Crippen LogP contribution is 2.22. The predicted octanol–water partition coefficient (Wildman–Crippen LogP) is 2.16. The second kappa shape index (κ2) is 8.78. The highest BCUT2D eigenvalue weighted by molar-refractivity contribution is 7.86. The molecule has 25 heavy (non-hydrogen) atoms. The van der Waals surface area contributed by atoms with Crippen LogP contribution in [0.3, 0.4) is 0 Å². The summed E-state index contributed by atoms with van der Waals surface area (Å²) in [6, 6.07) is 9.68. The molecule has 7 heteroatoms. The Bertz CT molecular complexity index is 659. The summed E-state index contributed by atoms with van der Waals surface area (Å²) in [5.74, 6) is -0.374. The number of hydrogen-bond acceptors (Lipinski definition) is 3. The fraction of sp³-hybridized carbons (Fsp3) is 0.611. The average molecular weight is 368 g/mol. The molecule has 0 saturated carbocycles. The standard InChI is InChI=1S/C18H29N3O3S/c1-4-20(5-2)25(23,24)21-13-9-12-17(14-21)18(22)19-15(3)16-10-7-6-8-11-16/h6-8,10-11,15,17H,4-5,9,12-14H2,1-3H3,(H,19,22)/t15-,17+/m1/s1. The van der Waals surface area contributed by atoms with E-state index >= 15 is 0 Å². The molecule has 0 aromatic heterocycles. The molecule has 0 aliphatic carbocycles. The molecule has 1 N–H and O–H groups in total. The summed E-state index contributed by atoms with van der Waals surface area (Å²) in [7, 11) is -3.48. The van der Waals surface area contributed by atoms with Gasteiger partial charge in [0.05, 0.1) is 12.0 Å². The number of benzene rings is 1. The van der Waals surface area contributed by atoms with Crippen LogP contribution >= 0.6 is 0 Å².